The highest BCUT2D eigenvalue weighted by Crippen LogP contribution is 2.31. The predicted molar refractivity (Wildman–Crippen MR) is 104 cm³/mol. The van der Waals surface area contributed by atoms with Gasteiger partial charge in [0.2, 0.25) is 0 Å². The Morgan fingerprint density at radius 3 is 2.19 bits per heavy atom. The van der Waals surface area contributed by atoms with Crippen LogP contribution in [0.4, 0.5) is 0 Å². The fraction of sp³-hybridized carbons (Fsp3) is 0.381. The maximum absolute atomic E-state index is 12.8. The third-order valence-electron chi connectivity index (χ3n) is 4.88. The van der Waals surface area contributed by atoms with Crippen molar-refractivity contribution in [2.45, 2.75) is 6.54 Å². The Kier molecular flexibility index (Phi) is 6.19. The van der Waals surface area contributed by atoms with Crippen LogP contribution in [0.5, 0.6) is 17.2 Å². The predicted octanol–water partition coefficient (Wildman–Crippen LogP) is 2.67. The molecule has 1 heterocycles. The molecule has 0 radical (unpaired) electrons. The van der Waals surface area contributed by atoms with Gasteiger partial charge in [0.1, 0.15) is 5.75 Å². The lowest BCUT2D eigenvalue weighted by Gasteiger charge is -2.35. The van der Waals surface area contributed by atoms with Crippen molar-refractivity contribution < 1.29 is 19.0 Å². The lowest BCUT2D eigenvalue weighted by Crippen LogP contribution is -2.48. The van der Waals surface area contributed by atoms with Gasteiger partial charge in [0, 0.05) is 38.3 Å². The van der Waals surface area contributed by atoms with Crippen LogP contribution in [-0.2, 0) is 6.54 Å². The van der Waals surface area contributed by atoms with Crippen molar-refractivity contribution in [1.82, 2.24) is 9.80 Å². The number of ether oxygens (including phenoxy) is 3. The molecule has 144 valence electrons. The van der Waals surface area contributed by atoms with Crippen LogP contribution in [0.3, 0.4) is 0 Å². The molecule has 2 aromatic carbocycles. The summed E-state index contributed by atoms with van der Waals surface area (Å²) in [5.74, 6) is 2.14. The molecule has 1 saturated heterocycles. The van der Waals surface area contributed by atoms with Crippen molar-refractivity contribution in [3.63, 3.8) is 0 Å². The average Bonchev–Trinajstić information content (AvgIpc) is 2.73. The van der Waals surface area contributed by atoms with Gasteiger partial charge in [-0.3, -0.25) is 9.69 Å². The Morgan fingerprint density at radius 1 is 0.852 bits per heavy atom. The zero-order chi connectivity index (χ0) is 19.2. The molecule has 0 bridgehead atoms. The highest BCUT2D eigenvalue weighted by molar-refractivity contribution is 5.97. The van der Waals surface area contributed by atoms with Gasteiger partial charge in [-0.1, -0.05) is 24.3 Å². The molecule has 1 aliphatic heterocycles. The Labute approximate surface area is 160 Å². The number of rotatable bonds is 6. The largest absolute Gasteiger partial charge is 0.496 e. The summed E-state index contributed by atoms with van der Waals surface area (Å²) in [6.45, 7) is 3.74. The minimum absolute atomic E-state index is 0.0195. The van der Waals surface area contributed by atoms with Gasteiger partial charge in [-0.25, -0.2) is 0 Å². The van der Waals surface area contributed by atoms with Gasteiger partial charge in [-0.15, -0.1) is 0 Å². The Morgan fingerprint density at radius 2 is 1.52 bits per heavy atom. The van der Waals surface area contributed by atoms with E-state index in [9.17, 15) is 4.79 Å². The highest BCUT2D eigenvalue weighted by atomic mass is 16.5. The van der Waals surface area contributed by atoms with Gasteiger partial charge < -0.3 is 19.1 Å². The monoisotopic (exact) mass is 370 g/mol. The van der Waals surface area contributed by atoms with Crippen molar-refractivity contribution in [1.29, 1.82) is 0 Å². The summed E-state index contributed by atoms with van der Waals surface area (Å²) in [7, 11) is 4.89. The zero-order valence-corrected chi connectivity index (χ0v) is 16.1. The standard InChI is InChI=1S/C21H26N2O4/c1-25-18-9-5-4-8-17(18)21(24)23-13-11-22(12-14-23)15-16-7-6-10-19(26-2)20(16)27-3/h4-10H,11-15H2,1-3H3. The molecular weight excluding hydrogens is 344 g/mol. The van der Waals surface area contributed by atoms with Crippen LogP contribution in [0, 0.1) is 0 Å². The molecule has 0 aliphatic carbocycles. The number of carbonyl (C=O) groups excluding carboxylic acids is 1. The number of benzene rings is 2. The zero-order valence-electron chi connectivity index (χ0n) is 16.1. The Balaban J connectivity index is 1.63. The molecule has 1 amide bonds. The summed E-state index contributed by atoms with van der Waals surface area (Å²) < 4.78 is 16.2. The van der Waals surface area contributed by atoms with E-state index in [1.54, 1.807) is 21.3 Å². The van der Waals surface area contributed by atoms with Gasteiger partial charge in [0.05, 0.1) is 26.9 Å². The van der Waals surface area contributed by atoms with Crippen molar-refractivity contribution in [2.24, 2.45) is 0 Å². The molecular formula is C21H26N2O4. The molecule has 3 rings (SSSR count). The Hall–Kier alpha value is -2.73. The first-order chi connectivity index (χ1) is 13.2. The second-order valence-corrected chi connectivity index (χ2v) is 6.42. The quantitative estimate of drug-likeness (QED) is 0.783. The lowest BCUT2D eigenvalue weighted by atomic mass is 10.1. The maximum atomic E-state index is 12.8. The van der Waals surface area contributed by atoms with Crippen LogP contribution in [-0.4, -0.2) is 63.2 Å². The molecule has 2 aromatic rings. The van der Waals surface area contributed by atoms with Crippen molar-refractivity contribution >= 4 is 5.91 Å². The molecule has 0 spiro atoms. The van der Waals surface area contributed by atoms with Crippen molar-refractivity contribution in [2.75, 3.05) is 47.5 Å². The maximum Gasteiger partial charge on any atom is 0.257 e. The topological polar surface area (TPSA) is 51.2 Å². The molecule has 0 N–H and O–H groups in total. The molecule has 27 heavy (non-hydrogen) atoms. The fourth-order valence-corrected chi connectivity index (χ4v) is 3.42. The van der Waals surface area contributed by atoms with E-state index in [4.69, 9.17) is 14.2 Å². The van der Waals surface area contributed by atoms with Gasteiger partial charge in [-0.05, 0) is 18.2 Å². The molecule has 6 nitrogen and oxygen atoms in total. The number of hydrogen-bond donors (Lipinski definition) is 0. The van der Waals surface area contributed by atoms with E-state index in [0.29, 0.717) is 24.4 Å². The van der Waals surface area contributed by atoms with Gasteiger partial charge in [0.25, 0.3) is 5.91 Å². The summed E-state index contributed by atoms with van der Waals surface area (Å²) in [6.07, 6.45) is 0. The van der Waals surface area contributed by atoms with Crippen molar-refractivity contribution in [3.8, 4) is 17.2 Å². The third-order valence-corrected chi connectivity index (χ3v) is 4.88. The van der Waals surface area contributed by atoms with Gasteiger partial charge >= 0.3 is 0 Å². The minimum atomic E-state index is 0.0195. The van der Waals surface area contributed by atoms with Gasteiger partial charge in [0.15, 0.2) is 11.5 Å². The highest BCUT2D eigenvalue weighted by Gasteiger charge is 2.24. The first-order valence-electron chi connectivity index (χ1n) is 9.02. The molecule has 6 heteroatoms. The van der Waals surface area contributed by atoms with Crippen LogP contribution in [0.25, 0.3) is 0 Å². The summed E-state index contributed by atoms with van der Waals surface area (Å²) in [6, 6.07) is 13.3. The van der Waals surface area contributed by atoms with Gasteiger partial charge in [-0.2, -0.15) is 0 Å². The molecule has 0 unspecified atom stereocenters. The first-order valence-corrected chi connectivity index (χ1v) is 9.02. The second kappa shape index (κ2) is 8.77. The minimum Gasteiger partial charge on any atom is -0.496 e. The number of nitrogens with zero attached hydrogens (tertiary/aromatic N) is 2. The molecule has 0 atom stereocenters. The van der Waals surface area contributed by atoms with E-state index in [0.717, 1.165) is 36.7 Å². The smallest absolute Gasteiger partial charge is 0.257 e. The normalized spacial score (nSPS) is 14.7. The number of hydrogen-bond acceptors (Lipinski definition) is 5. The van der Waals surface area contributed by atoms with E-state index in [1.807, 2.05) is 47.4 Å². The summed E-state index contributed by atoms with van der Waals surface area (Å²) in [5.41, 5.74) is 1.70. The van der Waals surface area contributed by atoms with E-state index < -0.39 is 0 Å². The number of piperazine rings is 1. The van der Waals surface area contributed by atoms with E-state index in [-0.39, 0.29) is 5.91 Å². The number of carbonyl (C=O) groups is 1. The lowest BCUT2D eigenvalue weighted by molar-refractivity contribution is 0.0624. The van der Waals surface area contributed by atoms with E-state index >= 15 is 0 Å². The van der Waals surface area contributed by atoms with E-state index in [2.05, 4.69) is 4.90 Å². The number of amides is 1. The third kappa shape index (κ3) is 4.17. The first kappa shape index (κ1) is 19.0. The molecule has 0 aromatic heterocycles. The summed E-state index contributed by atoms with van der Waals surface area (Å²) in [4.78, 5) is 17.0. The van der Waals surface area contributed by atoms with Crippen LogP contribution in [0.15, 0.2) is 42.5 Å². The van der Waals surface area contributed by atoms with Crippen LogP contribution >= 0.6 is 0 Å². The second-order valence-electron chi connectivity index (χ2n) is 6.42. The van der Waals surface area contributed by atoms with Crippen LogP contribution in [0.1, 0.15) is 15.9 Å². The van der Waals surface area contributed by atoms with E-state index in [1.165, 1.54) is 0 Å². The average molecular weight is 370 g/mol. The molecule has 1 fully saturated rings. The molecule has 0 saturated carbocycles. The Bertz CT molecular complexity index is 786. The fourth-order valence-electron chi connectivity index (χ4n) is 3.42. The van der Waals surface area contributed by atoms with Crippen LogP contribution in [0.2, 0.25) is 0 Å². The van der Waals surface area contributed by atoms with Crippen LogP contribution < -0.4 is 14.2 Å². The summed E-state index contributed by atoms with van der Waals surface area (Å²) >= 11 is 0. The van der Waals surface area contributed by atoms with Crippen molar-refractivity contribution in [3.05, 3.63) is 53.6 Å². The number of methoxy groups -OCH3 is 3. The SMILES string of the molecule is COc1ccccc1C(=O)N1CCN(Cc2cccc(OC)c2OC)CC1. The number of para-hydroxylation sites is 2. The summed E-state index contributed by atoms with van der Waals surface area (Å²) in [5, 5.41) is 0. The molecule has 1 aliphatic rings.